The fourth-order valence-corrected chi connectivity index (χ4v) is 5.03. The van der Waals surface area contributed by atoms with Crippen molar-refractivity contribution in [2.45, 2.75) is 83.2 Å². The smallest absolute Gasteiger partial charge is 0.0422 e. The number of rotatable bonds is 5. The highest BCUT2D eigenvalue weighted by Gasteiger charge is 2.46. The molecule has 0 aromatic rings. The van der Waals surface area contributed by atoms with Crippen LogP contribution in [0.15, 0.2) is 0 Å². The second-order valence-electron chi connectivity index (χ2n) is 8.03. The zero-order valence-corrected chi connectivity index (χ0v) is 14.7. The molecule has 2 rings (SSSR count). The van der Waals surface area contributed by atoms with Crippen molar-refractivity contribution >= 4 is 0 Å². The Bertz CT molecular complexity index is 308. The van der Waals surface area contributed by atoms with E-state index in [9.17, 15) is 0 Å². The summed E-state index contributed by atoms with van der Waals surface area (Å²) >= 11 is 0. The molecular formula is C18H37N3. The maximum atomic E-state index is 6.10. The molecule has 2 aliphatic carbocycles. The zero-order chi connectivity index (χ0) is 15.5. The lowest BCUT2D eigenvalue weighted by Crippen LogP contribution is -2.65. The van der Waals surface area contributed by atoms with Crippen molar-refractivity contribution in [3.8, 4) is 0 Å². The molecule has 0 aliphatic heterocycles. The van der Waals surface area contributed by atoms with Crippen LogP contribution in [0.4, 0.5) is 0 Å². The molecule has 0 heterocycles. The molecule has 0 aromatic heterocycles. The van der Waals surface area contributed by atoms with E-state index in [1.807, 2.05) is 0 Å². The highest BCUT2D eigenvalue weighted by molar-refractivity contribution is 5.04. The van der Waals surface area contributed by atoms with E-state index in [2.05, 4.69) is 38.3 Å². The van der Waals surface area contributed by atoms with E-state index >= 15 is 0 Å². The van der Waals surface area contributed by atoms with Crippen LogP contribution in [0.2, 0.25) is 0 Å². The van der Waals surface area contributed by atoms with Crippen LogP contribution in [0.1, 0.15) is 71.6 Å². The van der Waals surface area contributed by atoms with E-state index in [1.54, 1.807) is 0 Å². The summed E-state index contributed by atoms with van der Waals surface area (Å²) in [6, 6.07) is 0.453. The average molecular weight is 296 g/mol. The standard InChI is InChI=1S/C18H37N3/c1-5-15-7-6-8-16(13-15)17(20-19)18(21(3)4)11-9-14(2)10-12-18/h14-17,20H,5-13,19H2,1-4H3. The van der Waals surface area contributed by atoms with Gasteiger partial charge in [-0.3, -0.25) is 11.3 Å². The molecule has 2 fully saturated rings. The molecule has 3 atom stereocenters. The summed E-state index contributed by atoms with van der Waals surface area (Å²) in [6.45, 7) is 4.75. The monoisotopic (exact) mass is 295 g/mol. The third-order valence-electron chi connectivity index (χ3n) is 6.66. The molecule has 3 unspecified atom stereocenters. The van der Waals surface area contributed by atoms with Gasteiger partial charge in [-0.1, -0.05) is 33.1 Å². The number of hydrogen-bond acceptors (Lipinski definition) is 3. The number of hydrazine groups is 1. The van der Waals surface area contributed by atoms with Crippen LogP contribution in [0.3, 0.4) is 0 Å². The lowest BCUT2D eigenvalue weighted by Gasteiger charge is -2.53. The molecule has 0 spiro atoms. The number of nitrogens with two attached hydrogens (primary N) is 1. The molecule has 21 heavy (non-hydrogen) atoms. The Hall–Kier alpha value is -0.120. The Morgan fingerprint density at radius 2 is 1.86 bits per heavy atom. The third kappa shape index (κ3) is 3.62. The predicted octanol–water partition coefficient (Wildman–Crippen LogP) is 3.55. The minimum absolute atomic E-state index is 0.265. The first-order chi connectivity index (χ1) is 10.0. The van der Waals surface area contributed by atoms with E-state index in [0.29, 0.717) is 6.04 Å². The zero-order valence-electron chi connectivity index (χ0n) is 14.7. The van der Waals surface area contributed by atoms with Crippen molar-refractivity contribution in [2.24, 2.45) is 23.6 Å². The fourth-order valence-electron chi connectivity index (χ4n) is 5.03. The summed E-state index contributed by atoms with van der Waals surface area (Å²) in [6.07, 6.45) is 12.2. The molecule has 3 N–H and O–H groups in total. The first-order valence-electron chi connectivity index (χ1n) is 9.17. The van der Waals surface area contributed by atoms with E-state index in [-0.39, 0.29) is 5.54 Å². The van der Waals surface area contributed by atoms with Crippen molar-refractivity contribution in [3.63, 3.8) is 0 Å². The first kappa shape index (κ1) is 17.2. The van der Waals surface area contributed by atoms with Crippen LogP contribution in [-0.2, 0) is 0 Å². The largest absolute Gasteiger partial charge is 0.302 e. The van der Waals surface area contributed by atoms with Crippen molar-refractivity contribution in [3.05, 3.63) is 0 Å². The number of likely N-dealkylation sites (N-methyl/N-ethyl adjacent to an activating group) is 1. The highest BCUT2D eigenvalue weighted by atomic mass is 15.3. The van der Waals surface area contributed by atoms with Gasteiger partial charge in [0, 0.05) is 11.6 Å². The summed E-state index contributed by atoms with van der Waals surface area (Å²) in [5.41, 5.74) is 3.55. The second kappa shape index (κ2) is 7.43. The molecule has 3 nitrogen and oxygen atoms in total. The Labute approximate surface area is 132 Å². The van der Waals surface area contributed by atoms with Gasteiger partial charge in [-0.15, -0.1) is 0 Å². The summed E-state index contributed by atoms with van der Waals surface area (Å²) in [7, 11) is 4.53. The number of hydrogen-bond donors (Lipinski definition) is 2. The van der Waals surface area contributed by atoms with Crippen LogP contribution < -0.4 is 11.3 Å². The van der Waals surface area contributed by atoms with E-state index in [1.165, 1.54) is 57.8 Å². The van der Waals surface area contributed by atoms with Gasteiger partial charge in [-0.05, 0) is 70.4 Å². The Kier molecular flexibility index (Phi) is 6.10. The molecule has 0 bridgehead atoms. The van der Waals surface area contributed by atoms with Gasteiger partial charge in [-0.2, -0.15) is 0 Å². The summed E-state index contributed by atoms with van der Waals surface area (Å²) in [4.78, 5) is 2.49. The summed E-state index contributed by atoms with van der Waals surface area (Å²) in [5.74, 6) is 8.66. The summed E-state index contributed by atoms with van der Waals surface area (Å²) in [5, 5.41) is 0. The SMILES string of the molecule is CCC1CCCC(C(NN)C2(N(C)C)CCC(C)CC2)C1. The second-order valence-corrected chi connectivity index (χ2v) is 8.03. The van der Waals surface area contributed by atoms with Crippen LogP contribution >= 0.6 is 0 Å². The number of nitrogens with one attached hydrogen (secondary N) is 1. The van der Waals surface area contributed by atoms with Crippen molar-refractivity contribution < 1.29 is 0 Å². The summed E-state index contributed by atoms with van der Waals surface area (Å²) < 4.78 is 0. The molecule has 2 saturated carbocycles. The van der Waals surface area contributed by atoms with Crippen LogP contribution in [0.25, 0.3) is 0 Å². The van der Waals surface area contributed by atoms with Gasteiger partial charge >= 0.3 is 0 Å². The highest BCUT2D eigenvalue weighted by Crippen LogP contribution is 2.43. The van der Waals surface area contributed by atoms with Gasteiger partial charge in [0.2, 0.25) is 0 Å². The lowest BCUT2D eigenvalue weighted by molar-refractivity contribution is 0.00805. The van der Waals surface area contributed by atoms with Crippen molar-refractivity contribution in [2.75, 3.05) is 14.1 Å². The molecule has 3 heteroatoms. The number of nitrogens with zero attached hydrogens (tertiary/aromatic N) is 1. The van der Waals surface area contributed by atoms with E-state index < -0.39 is 0 Å². The average Bonchev–Trinajstić information content (AvgIpc) is 2.50. The molecule has 0 radical (unpaired) electrons. The maximum Gasteiger partial charge on any atom is 0.0422 e. The normalized spacial score (nSPS) is 39.4. The Morgan fingerprint density at radius 3 is 2.38 bits per heavy atom. The quantitative estimate of drug-likeness (QED) is 0.602. The lowest BCUT2D eigenvalue weighted by atomic mass is 9.65. The topological polar surface area (TPSA) is 41.3 Å². The van der Waals surface area contributed by atoms with Crippen molar-refractivity contribution in [1.82, 2.24) is 10.3 Å². The van der Waals surface area contributed by atoms with Crippen LogP contribution in [0, 0.1) is 17.8 Å². The minimum atomic E-state index is 0.265. The molecule has 0 aromatic carbocycles. The Balaban J connectivity index is 2.16. The van der Waals surface area contributed by atoms with E-state index in [0.717, 1.165) is 17.8 Å². The van der Waals surface area contributed by atoms with Gasteiger partial charge < -0.3 is 4.90 Å². The fraction of sp³-hybridized carbons (Fsp3) is 1.00. The van der Waals surface area contributed by atoms with Gasteiger partial charge in [0.1, 0.15) is 0 Å². The predicted molar refractivity (Wildman–Crippen MR) is 90.9 cm³/mol. The third-order valence-corrected chi connectivity index (χ3v) is 6.66. The van der Waals surface area contributed by atoms with Gasteiger partial charge in [0.15, 0.2) is 0 Å². The first-order valence-corrected chi connectivity index (χ1v) is 9.17. The minimum Gasteiger partial charge on any atom is -0.302 e. The Morgan fingerprint density at radius 1 is 1.19 bits per heavy atom. The van der Waals surface area contributed by atoms with Crippen molar-refractivity contribution in [1.29, 1.82) is 0 Å². The van der Waals surface area contributed by atoms with Crippen LogP contribution in [0.5, 0.6) is 0 Å². The van der Waals surface area contributed by atoms with Gasteiger partial charge in [0.05, 0.1) is 0 Å². The van der Waals surface area contributed by atoms with Gasteiger partial charge in [-0.25, -0.2) is 0 Å². The van der Waals surface area contributed by atoms with E-state index in [4.69, 9.17) is 5.84 Å². The maximum absolute atomic E-state index is 6.10. The molecule has 2 aliphatic rings. The van der Waals surface area contributed by atoms with Gasteiger partial charge in [0.25, 0.3) is 0 Å². The molecule has 124 valence electrons. The molecule has 0 amide bonds. The molecule has 0 saturated heterocycles. The molecular weight excluding hydrogens is 258 g/mol. The van der Waals surface area contributed by atoms with Crippen LogP contribution in [-0.4, -0.2) is 30.6 Å².